The molecular weight excluding hydrogens is 553 g/mol. The zero-order valence-electron chi connectivity index (χ0n) is 21.8. The van der Waals surface area contributed by atoms with Crippen LogP contribution < -0.4 is 10.6 Å². The summed E-state index contributed by atoms with van der Waals surface area (Å²) in [7, 11) is 0. The minimum absolute atomic E-state index is 0.0139. The monoisotopic (exact) mass is 581 g/mol. The number of nitrogens with one attached hydrogen (secondary N) is 2. The van der Waals surface area contributed by atoms with Crippen molar-refractivity contribution in [2.24, 2.45) is 17.8 Å². The molecule has 2 N–H and O–H groups in total. The maximum absolute atomic E-state index is 14.4. The number of amides is 2. The highest BCUT2D eigenvalue weighted by molar-refractivity contribution is 5.93. The van der Waals surface area contributed by atoms with Gasteiger partial charge in [-0.3, -0.25) is 9.59 Å². The van der Waals surface area contributed by atoms with Crippen molar-refractivity contribution in [3.63, 3.8) is 0 Å². The average Bonchev–Trinajstić information content (AvgIpc) is 3.47. The Morgan fingerprint density at radius 3 is 2.76 bits per heavy atom. The number of fused-ring (bicyclic) bond motifs is 1. The maximum Gasteiger partial charge on any atom is 0.393 e. The molecule has 0 spiro atoms. The van der Waals surface area contributed by atoms with Gasteiger partial charge >= 0.3 is 6.18 Å². The van der Waals surface area contributed by atoms with Gasteiger partial charge in [0.1, 0.15) is 5.69 Å². The van der Waals surface area contributed by atoms with E-state index >= 15 is 0 Å². The van der Waals surface area contributed by atoms with Gasteiger partial charge < -0.3 is 10.6 Å². The fraction of sp³-hybridized carbons (Fsp3) is 0.615. The second-order valence-corrected chi connectivity index (χ2v) is 11.3. The van der Waals surface area contributed by atoms with E-state index in [1.54, 1.807) is 12.1 Å². The van der Waals surface area contributed by atoms with E-state index in [9.17, 15) is 31.5 Å². The van der Waals surface area contributed by atoms with Crippen molar-refractivity contribution in [3.8, 4) is 0 Å². The number of aromatic nitrogens is 5. The van der Waals surface area contributed by atoms with Crippen molar-refractivity contribution in [1.82, 2.24) is 35.5 Å². The predicted molar refractivity (Wildman–Crippen MR) is 131 cm³/mol. The number of carbonyl (C=O) groups is 2. The topological polar surface area (TPSA) is 127 Å². The molecule has 0 aromatic carbocycles. The maximum atomic E-state index is 14.4. The van der Waals surface area contributed by atoms with Gasteiger partial charge in [-0.15, -0.1) is 0 Å². The SMILES string of the molecule is O=C(NC(c1cn2nc(CC3C[C@H](C(F)(F)F)CNC3=O)ccc2n1)[C@@H]1CCCC(F)(F)C1)c1nonc1C1CC1. The summed E-state index contributed by atoms with van der Waals surface area (Å²) in [5.41, 5.74) is 1.50. The van der Waals surface area contributed by atoms with Gasteiger partial charge in [0, 0.05) is 37.6 Å². The van der Waals surface area contributed by atoms with Gasteiger partial charge in [0.25, 0.3) is 5.91 Å². The van der Waals surface area contributed by atoms with Gasteiger partial charge in [-0.1, -0.05) is 5.16 Å². The molecule has 3 fully saturated rings. The lowest BCUT2D eigenvalue weighted by Gasteiger charge is -2.34. The minimum Gasteiger partial charge on any atom is -0.355 e. The summed E-state index contributed by atoms with van der Waals surface area (Å²) in [6.07, 6.45) is -1.50. The van der Waals surface area contributed by atoms with Crippen molar-refractivity contribution >= 4 is 17.5 Å². The van der Waals surface area contributed by atoms with Crippen molar-refractivity contribution in [2.45, 2.75) is 75.4 Å². The summed E-state index contributed by atoms with van der Waals surface area (Å²) in [6, 6.07) is 2.27. The van der Waals surface area contributed by atoms with E-state index in [-0.39, 0.29) is 37.3 Å². The fourth-order valence-corrected chi connectivity index (χ4v) is 5.89. The van der Waals surface area contributed by atoms with Gasteiger partial charge in [-0.05, 0) is 55.3 Å². The van der Waals surface area contributed by atoms with Gasteiger partial charge in [0.2, 0.25) is 11.8 Å². The zero-order chi connectivity index (χ0) is 28.9. The molecular formula is C26H28F5N7O3. The second-order valence-electron chi connectivity index (χ2n) is 11.3. The molecule has 6 rings (SSSR count). The van der Waals surface area contributed by atoms with E-state index in [4.69, 9.17) is 4.63 Å². The number of hydrogen-bond acceptors (Lipinski definition) is 7. The summed E-state index contributed by atoms with van der Waals surface area (Å²) in [5, 5.41) is 17.2. The Bertz CT molecular complexity index is 1450. The minimum atomic E-state index is -4.42. The van der Waals surface area contributed by atoms with Crippen LogP contribution in [0.2, 0.25) is 0 Å². The normalized spacial score (nSPS) is 25.6. The van der Waals surface area contributed by atoms with Crippen molar-refractivity contribution in [1.29, 1.82) is 0 Å². The van der Waals surface area contributed by atoms with Gasteiger partial charge in [0.15, 0.2) is 11.3 Å². The van der Waals surface area contributed by atoms with Crippen molar-refractivity contribution < 1.29 is 36.2 Å². The zero-order valence-corrected chi connectivity index (χ0v) is 21.8. The summed E-state index contributed by atoms with van der Waals surface area (Å²) < 4.78 is 74.8. The Balaban J connectivity index is 1.26. The Hall–Kier alpha value is -3.65. The quantitative estimate of drug-likeness (QED) is 0.402. The molecule has 0 bridgehead atoms. The lowest BCUT2D eigenvalue weighted by atomic mass is 9.80. The molecule has 0 radical (unpaired) electrons. The first kappa shape index (κ1) is 27.5. The Morgan fingerprint density at radius 2 is 2.02 bits per heavy atom. The highest BCUT2D eigenvalue weighted by atomic mass is 19.4. The molecule has 2 unspecified atom stereocenters. The van der Waals surface area contributed by atoms with Crippen LogP contribution in [0.5, 0.6) is 0 Å². The van der Waals surface area contributed by atoms with Crippen LogP contribution in [0.3, 0.4) is 0 Å². The van der Waals surface area contributed by atoms with Crippen LogP contribution in [0, 0.1) is 17.8 Å². The first-order chi connectivity index (χ1) is 19.5. The summed E-state index contributed by atoms with van der Waals surface area (Å²) >= 11 is 0. The molecule has 4 atom stereocenters. The van der Waals surface area contributed by atoms with E-state index in [0.29, 0.717) is 29.1 Å². The van der Waals surface area contributed by atoms with Crippen LogP contribution >= 0.6 is 0 Å². The number of halogens is 5. The molecule has 2 saturated carbocycles. The van der Waals surface area contributed by atoms with E-state index in [1.165, 1.54) is 10.7 Å². The molecule has 2 amide bonds. The third-order valence-corrected chi connectivity index (χ3v) is 8.22. The van der Waals surface area contributed by atoms with Crippen LogP contribution in [-0.2, 0) is 11.2 Å². The van der Waals surface area contributed by atoms with Gasteiger partial charge in [-0.25, -0.2) is 22.9 Å². The molecule has 3 aliphatic rings. The second kappa shape index (κ2) is 10.3. The highest BCUT2D eigenvalue weighted by Crippen LogP contribution is 2.43. The van der Waals surface area contributed by atoms with Crippen LogP contribution in [0.15, 0.2) is 23.0 Å². The van der Waals surface area contributed by atoms with E-state index in [1.807, 2.05) is 0 Å². The number of alkyl halides is 5. The number of carbonyl (C=O) groups excluding carboxylic acids is 2. The van der Waals surface area contributed by atoms with E-state index < -0.39 is 60.7 Å². The van der Waals surface area contributed by atoms with Gasteiger partial charge in [0.05, 0.1) is 29.5 Å². The number of piperidine rings is 1. The van der Waals surface area contributed by atoms with Crippen LogP contribution in [0.25, 0.3) is 5.65 Å². The standard InChI is InChI=1S/C26H28F5N7O3/c27-25(28)7-1-2-14(10-25)20(34-24(40)22-21(13-3-4-13)36-41-37-22)18-12-38-19(33-18)6-5-17(35-38)9-15-8-16(26(29,30)31)11-32-23(15)39/h5-6,12-16,20H,1-4,7-11H2,(H,32,39)(H,34,40)/t14-,15?,16+,20?/m1/s1. The molecule has 41 heavy (non-hydrogen) atoms. The highest BCUT2D eigenvalue weighted by Gasteiger charge is 2.45. The molecule has 4 heterocycles. The first-order valence-electron chi connectivity index (χ1n) is 13.7. The summed E-state index contributed by atoms with van der Waals surface area (Å²) in [4.78, 5) is 30.1. The molecule has 15 heteroatoms. The van der Waals surface area contributed by atoms with E-state index in [0.717, 1.165) is 12.8 Å². The van der Waals surface area contributed by atoms with Crippen LogP contribution in [0.1, 0.15) is 84.5 Å². The molecule has 3 aromatic heterocycles. The molecule has 10 nitrogen and oxygen atoms in total. The molecule has 2 aliphatic carbocycles. The first-order valence-corrected chi connectivity index (χ1v) is 13.7. The lowest BCUT2D eigenvalue weighted by Crippen LogP contribution is -2.47. The predicted octanol–water partition coefficient (Wildman–Crippen LogP) is 4.14. The fourth-order valence-electron chi connectivity index (χ4n) is 5.89. The molecule has 3 aromatic rings. The largest absolute Gasteiger partial charge is 0.393 e. The van der Waals surface area contributed by atoms with Crippen LogP contribution in [-0.4, -0.2) is 55.4 Å². The number of imidazole rings is 1. The Morgan fingerprint density at radius 1 is 1.22 bits per heavy atom. The molecule has 1 saturated heterocycles. The van der Waals surface area contributed by atoms with Crippen LogP contribution in [0.4, 0.5) is 22.0 Å². The van der Waals surface area contributed by atoms with E-state index in [2.05, 4.69) is 31.0 Å². The third-order valence-electron chi connectivity index (χ3n) is 8.22. The number of hydrogen-bond donors (Lipinski definition) is 2. The molecule has 220 valence electrons. The molecule has 1 aliphatic heterocycles. The lowest BCUT2D eigenvalue weighted by molar-refractivity contribution is -0.183. The summed E-state index contributed by atoms with van der Waals surface area (Å²) in [6.45, 7) is -0.448. The smallest absolute Gasteiger partial charge is 0.355 e. The summed E-state index contributed by atoms with van der Waals surface area (Å²) in [5.74, 6) is -7.03. The number of rotatable bonds is 7. The third kappa shape index (κ3) is 5.89. The Kier molecular flexibility index (Phi) is 6.92. The number of nitrogens with zero attached hydrogens (tertiary/aromatic N) is 5. The van der Waals surface area contributed by atoms with Gasteiger partial charge in [-0.2, -0.15) is 18.3 Å². The average molecular weight is 582 g/mol. The van der Waals surface area contributed by atoms with Crippen molar-refractivity contribution in [3.05, 3.63) is 41.1 Å². The van der Waals surface area contributed by atoms with Crippen molar-refractivity contribution in [2.75, 3.05) is 6.54 Å². The Labute approximate surface area is 230 Å².